The molecule has 0 fully saturated rings. The van der Waals surface area contributed by atoms with Crippen LogP contribution in [-0.2, 0) is 4.74 Å². The third kappa shape index (κ3) is 3.59. The Hall–Kier alpha value is -1.56. The summed E-state index contributed by atoms with van der Waals surface area (Å²) in [4.78, 5) is 14.2. The van der Waals surface area contributed by atoms with E-state index in [9.17, 15) is 4.79 Å². The molecule has 1 rings (SSSR count). The van der Waals surface area contributed by atoms with E-state index in [2.05, 4.69) is 10.3 Å². The fourth-order valence-corrected chi connectivity index (χ4v) is 1.03. The Labute approximate surface area is 87.3 Å². The fraction of sp³-hybridized carbons (Fsp3) is 0.556. The molecule has 0 aliphatic rings. The molecule has 0 saturated heterocycles. The van der Waals surface area contributed by atoms with Gasteiger partial charge < -0.3 is 19.6 Å². The molecule has 1 aromatic heterocycles. The zero-order valence-electron chi connectivity index (χ0n) is 8.69. The van der Waals surface area contributed by atoms with Crippen LogP contribution in [0, 0.1) is 0 Å². The summed E-state index contributed by atoms with van der Waals surface area (Å²) in [5.41, 5.74) is -0.110. The Balaban J connectivity index is 2.40. The number of oxazole rings is 1. The quantitative estimate of drug-likeness (QED) is 0.740. The monoisotopic (exact) mass is 214 g/mol. The number of carbonyl (C=O) groups is 1. The summed E-state index contributed by atoms with van der Waals surface area (Å²) in [5.74, 6) is -1.11. The molecular weight excluding hydrogens is 200 g/mol. The van der Waals surface area contributed by atoms with Crippen LogP contribution in [-0.4, -0.2) is 35.3 Å². The molecule has 2 N–H and O–H groups in total. The van der Waals surface area contributed by atoms with Crippen LogP contribution in [0.15, 0.2) is 10.7 Å². The lowest BCUT2D eigenvalue weighted by atomic mass is 10.4. The molecule has 1 unspecified atom stereocenters. The van der Waals surface area contributed by atoms with Crippen molar-refractivity contribution >= 4 is 12.0 Å². The van der Waals surface area contributed by atoms with Crippen LogP contribution in [0.1, 0.15) is 24.3 Å². The summed E-state index contributed by atoms with van der Waals surface area (Å²) < 4.78 is 10.2. The molecule has 0 amide bonds. The summed E-state index contributed by atoms with van der Waals surface area (Å²) in [6, 6.07) is 0.193. The van der Waals surface area contributed by atoms with Gasteiger partial charge in [0.1, 0.15) is 6.26 Å². The first-order chi connectivity index (χ1) is 7.13. The van der Waals surface area contributed by atoms with Gasteiger partial charge in [0.15, 0.2) is 5.69 Å². The van der Waals surface area contributed by atoms with E-state index < -0.39 is 5.97 Å². The molecule has 0 radical (unpaired) electrons. The largest absolute Gasteiger partial charge is 0.476 e. The van der Waals surface area contributed by atoms with E-state index in [1.54, 1.807) is 0 Å². The van der Waals surface area contributed by atoms with E-state index in [4.69, 9.17) is 14.3 Å². The molecule has 0 aliphatic carbocycles. The van der Waals surface area contributed by atoms with Gasteiger partial charge in [0.2, 0.25) is 0 Å². The molecule has 1 heterocycles. The number of ether oxygens (including phenoxy) is 1. The molecule has 6 nitrogen and oxygen atoms in total. The maximum atomic E-state index is 10.5. The van der Waals surface area contributed by atoms with E-state index in [1.165, 1.54) is 0 Å². The van der Waals surface area contributed by atoms with Gasteiger partial charge in [0.05, 0.1) is 6.10 Å². The molecule has 0 bridgehead atoms. The lowest BCUT2D eigenvalue weighted by Crippen LogP contribution is -2.19. The summed E-state index contributed by atoms with van der Waals surface area (Å²) in [7, 11) is 0. The predicted octanol–water partition coefficient (Wildman–Crippen LogP) is 1.21. The number of carboxylic acids is 1. The Morgan fingerprint density at radius 1 is 1.80 bits per heavy atom. The lowest BCUT2D eigenvalue weighted by molar-refractivity contribution is 0.0690. The number of nitrogens with one attached hydrogen (secondary N) is 1. The minimum absolute atomic E-state index is 0.0233. The number of carboxylic acid groups (broad SMARTS) is 1. The Morgan fingerprint density at radius 3 is 3.07 bits per heavy atom. The smallest absolute Gasteiger partial charge is 0.357 e. The van der Waals surface area contributed by atoms with Crippen molar-refractivity contribution in [3.8, 4) is 0 Å². The van der Waals surface area contributed by atoms with Crippen LogP contribution < -0.4 is 5.32 Å². The van der Waals surface area contributed by atoms with Crippen LogP contribution >= 0.6 is 0 Å². The average Bonchev–Trinajstić information content (AvgIpc) is 2.63. The second-order valence-corrected chi connectivity index (χ2v) is 2.99. The van der Waals surface area contributed by atoms with Crippen LogP contribution in [0.2, 0.25) is 0 Å². The summed E-state index contributed by atoms with van der Waals surface area (Å²) in [6.07, 6.45) is 1.12. The van der Waals surface area contributed by atoms with E-state index in [1.807, 2.05) is 13.8 Å². The van der Waals surface area contributed by atoms with Gasteiger partial charge in [-0.25, -0.2) is 4.79 Å². The molecule has 0 saturated carbocycles. The number of aromatic nitrogens is 1. The predicted molar refractivity (Wildman–Crippen MR) is 53.0 cm³/mol. The van der Waals surface area contributed by atoms with Gasteiger partial charge in [-0.2, -0.15) is 4.98 Å². The average molecular weight is 214 g/mol. The van der Waals surface area contributed by atoms with Crippen molar-refractivity contribution in [1.82, 2.24) is 4.98 Å². The summed E-state index contributed by atoms with van der Waals surface area (Å²) in [5, 5.41) is 11.4. The van der Waals surface area contributed by atoms with Gasteiger partial charge >= 0.3 is 5.97 Å². The van der Waals surface area contributed by atoms with Crippen molar-refractivity contribution in [3.05, 3.63) is 12.0 Å². The number of hydrogen-bond acceptors (Lipinski definition) is 5. The first kappa shape index (κ1) is 11.5. The number of aromatic carboxylic acids is 1. The number of anilines is 1. The highest BCUT2D eigenvalue weighted by atomic mass is 16.5. The van der Waals surface area contributed by atoms with Crippen molar-refractivity contribution in [2.24, 2.45) is 0 Å². The highest BCUT2D eigenvalue weighted by molar-refractivity contribution is 5.85. The summed E-state index contributed by atoms with van der Waals surface area (Å²) in [6.45, 7) is 4.96. The van der Waals surface area contributed by atoms with Gasteiger partial charge in [-0.05, 0) is 13.8 Å². The first-order valence-corrected chi connectivity index (χ1v) is 4.67. The van der Waals surface area contributed by atoms with Crippen LogP contribution in [0.5, 0.6) is 0 Å². The molecule has 0 aromatic carbocycles. The zero-order chi connectivity index (χ0) is 11.3. The Bertz CT molecular complexity index is 324. The first-order valence-electron chi connectivity index (χ1n) is 4.67. The van der Waals surface area contributed by atoms with E-state index in [-0.39, 0.29) is 17.8 Å². The minimum atomic E-state index is -1.11. The van der Waals surface area contributed by atoms with E-state index in [0.717, 1.165) is 6.26 Å². The van der Waals surface area contributed by atoms with Crippen molar-refractivity contribution in [2.45, 2.75) is 20.0 Å². The zero-order valence-corrected chi connectivity index (χ0v) is 8.69. The molecular formula is C9H14N2O4. The normalized spacial score (nSPS) is 12.4. The van der Waals surface area contributed by atoms with Crippen molar-refractivity contribution < 1.29 is 19.1 Å². The molecule has 6 heteroatoms. The Kier molecular flexibility index (Phi) is 4.11. The second-order valence-electron chi connectivity index (χ2n) is 2.99. The van der Waals surface area contributed by atoms with Crippen molar-refractivity contribution in [2.75, 3.05) is 18.5 Å². The molecule has 1 aromatic rings. The van der Waals surface area contributed by atoms with Crippen LogP contribution in [0.4, 0.5) is 6.01 Å². The van der Waals surface area contributed by atoms with Gasteiger partial charge in [0.25, 0.3) is 6.01 Å². The topological polar surface area (TPSA) is 84.6 Å². The van der Waals surface area contributed by atoms with Gasteiger partial charge in [-0.15, -0.1) is 0 Å². The molecule has 15 heavy (non-hydrogen) atoms. The van der Waals surface area contributed by atoms with Crippen molar-refractivity contribution in [3.63, 3.8) is 0 Å². The van der Waals surface area contributed by atoms with Gasteiger partial charge in [-0.1, -0.05) is 0 Å². The standard InChI is InChI=1S/C9H14N2O4/c1-3-14-6(2)4-10-9-11-7(5-15-9)8(12)13/h5-6H,3-4H2,1-2H3,(H,10,11)(H,12,13). The molecule has 1 atom stereocenters. The van der Waals surface area contributed by atoms with Crippen LogP contribution in [0.25, 0.3) is 0 Å². The summed E-state index contributed by atoms with van der Waals surface area (Å²) >= 11 is 0. The maximum Gasteiger partial charge on any atom is 0.357 e. The molecule has 0 spiro atoms. The minimum Gasteiger partial charge on any atom is -0.476 e. The van der Waals surface area contributed by atoms with Crippen molar-refractivity contribution in [1.29, 1.82) is 0 Å². The number of rotatable bonds is 6. The number of hydrogen-bond donors (Lipinski definition) is 2. The van der Waals surface area contributed by atoms with Crippen LogP contribution in [0.3, 0.4) is 0 Å². The fourth-order valence-electron chi connectivity index (χ4n) is 1.03. The SMILES string of the molecule is CCOC(C)CNc1nc(C(=O)O)co1. The highest BCUT2D eigenvalue weighted by Gasteiger charge is 2.10. The molecule has 84 valence electrons. The van der Waals surface area contributed by atoms with E-state index in [0.29, 0.717) is 13.2 Å². The third-order valence-electron chi connectivity index (χ3n) is 1.72. The lowest BCUT2D eigenvalue weighted by Gasteiger charge is -2.10. The third-order valence-corrected chi connectivity index (χ3v) is 1.72. The van der Waals surface area contributed by atoms with E-state index >= 15 is 0 Å². The number of nitrogens with zero attached hydrogens (tertiary/aromatic N) is 1. The van der Waals surface area contributed by atoms with Gasteiger partial charge in [-0.3, -0.25) is 0 Å². The molecule has 0 aliphatic heterocycles. The second kappa shape index (κ2) is 5.35. The highest BCUT2D eigenvalue weighted by Crippen LogP contribution is 2.07. The van der Waals surface area contributed by atoms with Gasteiger partial charge in [0, 0.05) is 13.2 Å². The maximum absolute atomic E-state index is 10.5. The Morgan fingerprint density at radius 2 is 2.53 bits per heavy atom.